The third-order valence-electron chi connectivity index (χ3n) is 8.26. The molecule has 6 rings (SSSR count). The monoisotopic (exact) mass is 464 g/mol. The van der Waals surface area contributed by atoms with Crippen molar-refractivity contribution in [2.24, 2.45) is 35.5 Å². The van der Waals surface area contributed by atoms with E-state index in [1.165, 1.54) is 44.9 Å². The molecule has 1 heterocycles. The first-order chi connectivity index (χ1) is 16.6. The Bertz CT molecular complexity index is 920. The van der Waals surface area contributed by atoms with Crippen LogP contribution in [0.2, 0.25) is 0 Å². The molecule has 0 radical (unpaired) electrons. The lowest BCUT2D eigenvalue weighted by atomic mass is 9.63. The van der Waals surface area contributed by atoms with Gasteiger partial charge >= 0.3 is 0 Å². The summed E-state index contributed by atoms with van der Waals surface area (Å²) in [5.41, 5.74) is 2.98. The van der Waals surface area contributed by atoms with Crippen LogP contribution in [0.5, 0.6) is 5.75 Å². The Morgan fingerprint density at radius 2 is 1.44 bits per heavy atom. The number of ether oxygens (including phenoxy) is 1. The summed E-state index contributed by atoms with van der Waals surface area (Å²) in [4.78, 5) is 38.8. The largest absolute Gasteiger partial charge is 0.494 e. The van der Waals surface area contributed by atoms with Crippen molar-refractivity contribution in [1.82, 2.24) is 10.4 Å². The lowest BCUT2D eigenvalue weighted by Gasteiger charge is -2.37. The standard InChI is InChI=1S/C28H36N2O4/c1-2-3-4-5-6-7-8-9-16-34-19-12-10-18(11-13-19)26(31)29-30-27(32)24-20-14-15-21(23-17-22(20)23)25(24)28(30)33/h10-15,20-25H,2-9,16-17H2,1H3,(H,29,31). The molecule has 2 bridgehead atoms. The summed E-state index contributed by atoms with van der Waals surface area (Å²) in [6.07, 6.45) is 15.4. The normalized spacial score (nSPS) is 30.3. The average Bonchev–Trinajstić information content (AvgIpc) is 3.64. The van der Waals surface area contributed by atoms with E-state index < -0.39 is 5.91 Å². The van der Waals surface area contributed by atoms with Gasteiger partial charge in [0, 0.05) is 5.56 Å². The lowest BCUT2D eigenvalue weighted by Crippen LogP contribution is -2.46. The highest BCUT2D eigenvalue weighted by Gasteiger charge is 2.67. The number of imide groups is 1. The van der Waals surface area contributed by atoms with Gasteiger partial charge in [-0.3, -0.25) is 19.8 Å². The van der Waals surface area contributed by atoms with Crippen molar-refractivity contribution in [3.63, 3.8) is 0 Å². The Balaban J connectivity index is 1.07. The van der Waals surface area contributed by atoms with Gasteiger partial charge in [0.15, 0.2) is 0 Å². The van der Waals surface area contributed by atoms with Gasteiger partial charge in [-0.2, -0.15) is 5.01 Å². The Kier molecular flexibility index (Phi) is 6.75. The molecule has 1 aromatic carbocycles. The minimum atomic E-state index is -0.444. The molecule has 4 aliphatic carbocycles. The molecule has 0 aromatic heterocycles. The van der Waals surface area contributed by atoms with E-state index in [1.54, 1.807) is 24.3 Å². The fourth-order valence-corrected chi connectivity index (χ4v) is 6.36. The zero-order valence-corrected chi connectivity index (χ0v) is 20.1. The number of nitrogens with one attached hydrogen (secondary N) is 1. The molecule has 1 aromatic rings. The highest BCUT2D eigenvalue weighted by Crippen LogP contribution is 2.65. The van der Waals surface area contributed by atoms with Gasteiger partial charge in [0.25, 0.3) is 17.7 Å². The number of allylic oxidation sites excluding steroid dienone is 2. The molecular formula is C28H36N2O4. The highest BCUT2D eigenvalue weighted by molar-refractivity contribution is 6.08. The third kappa shape index (κ3) is 4.39. The van der Waals surface area contributed by atoms with Crippen molar-refractivity contribution in [2.75, 3.05) is 6.61 Å². The summed E-state index contributed by atoms with van der Waals surface area (Å²) in [5, 5.41) is 0.988. The van der Waals surface area contributed by atoms with E-state index in [4.69, 9.17) is 4.74 Å². The van der Waals surface area contributed by atoms with Crippen LogP contribution in [0, 0.1) is 35.5 Å². The number of hydrogen-bond donors (Lipinski definition) is 1. The molecule has 2 saturated carbocycles. The second-order valence-corrected chi connectivity index (χ2v) is 10.5. The minimum absolute atomic E-state index is 0.149. The summed E-state index contributed by atoms with van der Waals surface area (Å²) in [6.45, 7) is 2.90. The molecule has 6 nitrogen and oxygen atoms in total. The summed E-state index contributed by atoms with van der Waals surface area (Å²) < 4.78 is 5.80. The van der Waals surface area contributed by atoms with Crippen LogP contribution in [0.4, 0.5) is 0 Å². The predicted octanol–water partition coefficient (Wildman–Crippen LogP) is 4.90. The first-order valence-electron chi connectivity index (χ1n) is 13.2. The first-order valence-corrected chi connectivity index (χ1v) is 13.2. The van der Waals surface area contributed by atoms with Crippen LogP contribution in [-0.4, -0.2) is 29.3 Å². The van der Waals surface area contributed by atoms with Gasteiger partial charge in [0.05, 0.1) is 18.4 Å². The first kappa shape index (κ1) is 23.1. The predicted molar refractivity (Wildman–Crippen MR) is 129 cm³/mol. The summed E-state index contributed by atoms with van der Waals surface area (Å²) in [6, 6.07) is 6.89. The van der Waals surface area contributed by atoms with E-state index in [0.29, 0.717) is 24.0 Å². The van der Waals surface area contributed by atoms with E-state index in [9.17, 15) is 14.4 Å². The molecule has 3 amide bonds. The van der Waals surface area contributed by atoms with Gasteiger partial charge in [0.2, 0.25) is 0 Å². The van der Waals surface area contributed by atoms with E-state index in [1.807, 2.05) is 0 Å². The van der Waals surface area contributed by atoms with Gasteiger partial charge in [-0.05, 0) is 60.8 Å². The number of amides is 3. The minimum Gasteiger partial charge on any atom is -0.494 e. The highest BCUT2D eigenvalue weighted by atomic mass is 16.5. The molecule has 34 heavy (non-hydrogen) atoms. The van der Waals surface area contributed by atoms with Crippen LogP contribution >= 0.6 is 0 Å². The van der Waals surface area contributed by atoms with Crippen LogP contribution in [-0.2, 0) is 9.59 Å². The van der Waals surface area contributed by atoms with Gasteiger partial charge in [-0.25, -0.2) is 0 Å². The molecule has 0 spiro atoms. The van der Waals surface area contributed by atoms with Crippen LogP contribution in [0.15, 0.2) is 36.4 Å². The second-order valence-electron chi connectivity index (χ2n) is 10.5. The molecule has 6 heteroatoms. The Morgan fingerprint density at radius 3 is 2.03 bits per heavy atom. The Morgan fingerprint density at radius 1 is 0.882 bits per heavy atom. The van der Waals surface area contributed by atoms with Crippen LogP contribution in [0.1, 0.15) is 75.1 Å². The van der Waals surface area contributed by atoms with Gasteiger partial charge in [-0.1, -0.05) is 64.0 Å². The fraction of sp³-hybridized carbons (Fsp3) is 0.607. The average molecular weight is 465 g/mol. The number of carbonyl (C=O) groups is 3. The fourth-order valence-electron chi connectivity index (χ4n) is 6.36. The van der Waals surface area contributed by atoms with Crippen molar-refractivity contribution in [1.29, 1.82) is 0 Å². The van der Waals surface area contributed by atoms with E-state index >= 15 is 0 Å². The zero-order chi connectivity index (χ0) is 23.7. The van der Waals surface area contributed by atoms with Crippen molar-refractivity contribution >= 4 is 17.7 Å². The van der Waals surface area contributed by atoms with E-state index in [2.05, 4.69) is 24.5 Å². The van der Waals surface area contributed by atoms with Crippen LogP contribution in [0.25, 0.3) is 0 Å². The number of nitrogens with zero attached hydrogens (tertiary/aromatic N) is 1. The maximum Gasteiger partial charge on any atom is 0.270 e. The molecule has 6 unspecified atom stereocenters. The summed E-state index contributed by atoms with van der Waals surface area (Å²) in [7, 11) is 0. The molecule has 5 aliphatic rings. The number of hydrogen-bond acceptors (Lipinski definition) is 4. The van der Waals surface area contributed by atoms with Crippen LogP contribution < -0.4 is 10.2 Å². The molecule has 3 fully saturated rings. The summed E-state index contributed by atoms with van der Waals surface area (Å²) in [5.74, 6) is 0.547. The van der Waals surface area contributed by atoms with Crippen molar-refractivity contribution < 1.29 is 19.1 Å². The number of benzene rings is 1. The number of unbranched alkanes of at least 4 members (excludes halogenated alkanes) is 7. The smallest absolute Gasteiger partial charge is 0.270 e. The Labute approximate surface area is 202 Å². The third-order valence-corrected chi connectivity index (χ3v) is 8.26. The zero-order valence-electron chi connectivity index (χ0n) is 20.1. The molecule has 182 valence electrons. The molecular weight excluding hydrogens is 428 g/mol. The summed E-state index contributed by atoms with van der Waals surface area (Å²) >= 11 is 0. The van der Waals surface area contributed by atoms with E-state index in [-0.39, 0.29) is 35.5 Å². The molecule has 1 aliphatic heterocycles. The van der Waals surface area contributed by atoms with Crippen LogP contribution in [0.3, 0.4) is 0 Å². The molecule has 6 atom stereocenters. The number of carbonyl (C=O) groups excluding carboxylic acids is 3. The van der Waals surface area contributed by atoms with Crippen molar-refractivity contribution in [3.8, 4) is 5.75 Å². The number of rotatable bonds is 12. The van der Waals surface area contributed by atoms with E-state index in [0.717, 1.165) is 23.6 Å². The topological polar surface area (TPSA) is 75.7 Å². The van der Waals surface area contributed by atoms with Crippen molar-refractivity contribution in [2.45, 2.75) is 64.7 Å². The molecule has 1 N–H and O–H groups in total. The van der Waals surface area contributed by atoms with Gasteiger partial charge < -0.3 is 4.74 Å². The maximum absolute atomic E-state index is 13.0. The Hall–Kier alpha value is -2.63. The van der Waals surface area contributed by atoms with Gasteiger partial charge in [0.1, 0.15) is 5.75 Å². The SMILES string of the molecule is CCCCCCCCCCOc1ccc(C(=O)NN2C(=O)C3C4C=CC(C5CC45)C3C2=O)cc1. The second kappa shape index (κ2) is 9.93. The van der Waals surface area contributed by atoms with Gasteiger partial charge in [-0.15, -0.1) is 0 Å². The number of hydrazine groups is 1. The molecule has 1 saturated heterocycles. The van der Waals surface area contributed by atoms with Crippen molar-refractivity contribution in [3.05, 3.63) is 42.0 Å². The quantitative estimate of drug-likeness (QED) is 0.271. The maximum atomic E-state index is 13.0. The lowest BCUT2D eigenvalue weighted by molar-refractivity contribution is -0.143.